The number of unbranched alkanes of at least 4 members (excludes halogenated alkanes) is 9. The molecule has 0 aromatic rings. The topological polar surface area (TPSA) is 0 Å². The van der Waals surface area contributed by atoms with E-state index in [2.05, 4.69) is 32.9 Å². The van der Waals surface area contributed by atoms with Crippen LogP contribution in [0.1, 0.15) is 91.4 Å². The van der Waals surface area contributed by atoms with Crippen molar-refractivity contribution in [1.82, 2.24) is 0 Å². The van der Waals surface area contributed by atoms with Gasteiger partial charge in [0.15, 0.2) is 0 Å². The van der Waals surface area contributed by atoms with Gasteiger partial charge in [-0.2, -0.15) is 0 Å². The smallest absolute Gasteiger partial charge is 0.0351 e. The summed E-state index contributed by atoms with van der Waals surface area (Å²) in [5.74, 6) is 0.896. The number of rotatable bonds is 12. The van der Waals surface area contributed by atoms with Crippen molar-refractivity contribution in [3.8, 4) is 0 Å². The minimum absolute atomic E-state index is 0.896. The molecule has 0 radical (unpaired) electrons. The van der Waals surface area contributed by atoms with Gasteiger partial charge in [0.25, 0.3) is 0 Å². The summed E-state index contributed by atoms with van der Waals surface area (Å²) in [7, 11) is 0. The quantitative estimate of drug-likeness (QED) is 0.268. The van der Waals surface area contributed by atoms with Gasteiger partial charge in [-0.25, -0.2) is 0 Å². The molecule has 0 heterocycles. The second-order valence-electron chi connectivity index (χ2n) is 5.72. The number of hydrogen-bond donors (Lipinski definition) is 0. The molecule has 0 aliphatic rings. The van der Waals surface area contributed by atoms with Crippen molar-refractivity contribution in [1.29, 1.82) is 0 Å². The normalized spacial score (nSPS) is 11.8. The fourth-order valence-electron chi connectivity index (χ4n) is 2.22. The summed E-state index contributed by atoms with van der Waals surface area (Å²) in [6, 6.07) is 0. The highest BCUT2D eigenvalue weighted by atomic mass is 14.0. The van der Waals surface area contributed by atoms with Crippen molar-refractivity contribution >= 4 is 0 Å². The third-order valence-electron chi connectivity index (χ3n) is 3.39. The van der Waals surface area contributed by atoms with Gasteiger partial charge in [-0.1, -0.05) is 83.8 Å². The predicted octanol–water partition coefficient (Wildman–Crippen LogP) is 6.51. The molecule has 0 N–H and O–H groups in total. The van der Waals surface area contributed by atoms with Gasteiger partial charge in [-0.3, -0.25) is 0 Å². The van der Waals surface area contributed by atoms with Gasteiger partial charge in [0.2, 0.25) is 0 Å². The molecule has 0 rings (SSSR count). The first kappa shape index (κ1) is 16.7. The van der Waals surface area contributed by atoms with Crippen LogP contribution in [0.4, 0.5) is 0 Å². The minimum atomic E-state index is 0.896. The predicted molar refractivity (Wildman–Crippen MR) is 80.4 cm³/mol. The molecule has 0 bridgehead atoms. The molecule has 0 aliphatic heterocycles. The van der Waals surface area contributed by atoms with Crippen molar-refractivity contribution < 1.29 is 0 Å². The van der Waals surface area contributed by atoms with Crippen molar-refractivity contribution in [3.63, 3.8) is 0 Å². The van der Waals surface area contributed by atoms with E-state index in [1.807, 2.05) is 0 Å². The summed E-state index contributed by atoms with van der Waals surface area (Å²) in [5, 5.41) is 0. The highest BCUT2D eigenvalue weighted by Crippen LogP contribution is 2.13. The lowest BCUT2D eigenvalue weighted by molar-refractivity contribution is 0.506. The van der Waals surface area contributed by atoms with Crippen LogP contribution in [0.25, 0.3) is 0 Å². The Morgan fingerprint density at radius 2 is 1.18 bits per heavy atom. The minimum Gasteiger partial charge on any atom is -0.0917 e. The Balaban J connectivity index is 2.94. The maximum absolute atomic E-state index is 2.33. The largest absolute Gasteiger partial charge is 0.0917 e. The molecule has 0 fully saturated rings. The molecule has 0 amide bonds. The lowest BCUT2D eigenvalue weighted by Gasteiger charge is -2.04. The van der Waals surface area contributed by atoms with E-state index in [1.165, 1.54) is 70.6 Å². The Morgan fingerprint density at radius 1 is 0.706 bits per heavy atom. The summed E-state index contributed by atoms with van der Waals surface area (Å²) in [6.07, 6.45) is 20.2. The zero-order valence-electron chi connectivity index (χ0n) is 12.5. The molecular weight excluding hydrogens is 204 g/mol. The van der Waals surface area contributed by atoms with Crippen LogP contribution >= 0.6 is 0 Å². The fourth-order valence-corrected chi connectivity index (χ4v) is 2.22. The van der Waals surface area contributed by atoms with E-state index in [0.29, 0.717) is 0 Å². The van der Waals surface area contributed by atoms with Gasteiger partial charge >= 0.3 is 0 Å². The van der Waals surface area contributed by atoms with Gasteiger partial charge in [0.1, 0.15) is 0 Å². The SMILES string of the molecule is C/C=C/CCCCCCCCCCCC(C)C. The van der Waals surface area contributed by atoms with Crippen LogP contribution in [-0.2, 0) is 0 Å². The summed E-state index contributed by atoms with van der Waals surface area (Å²) >= 11 is 0. The lowest BCUT2D eigenvalue weighted by Crippen LogP contribution is -1.87. The Morgan fingerprint density at radius 3 is 1.65 bits per heavy atom. The van der Waals surface area contributed by atoms with Gasteiger partial charge in [0, 0.05) is 0 Å². The van der Waals surface area contributed by atoms with Gasteiger partial charge in [-0.15, -0.1) is 0 Å². The van der Waals surface area contributed by atoms with Gasteiger partial charge in [0.05, 0.1) is 0 Å². The van der Waals surface area contributed by atoms with E-state index in [9.17, 15) is 0 Å². The second-order valence-corrected chi connectivity index (χ2v) is 5.72. The standard InChI is InChI=1S/C17H34/c1-4-5-6-7-8-9-10-11-12-13-14-15-16-17(2)3/h4-5,17H,6-16H2,1-3H3/b5-4+. The number of allylic oxidation sites excluding steroid dienone is 2. The molecule has 0 atom stereocenters. The molecule has 0 heteroatoms. The molecule has 0 saturated heterocycles. The summed E-state index contributed by atoms with van der Waals surface area (Å²) in [4.78, 5) is 0. The molecule has 0 aromatic carbocycles. The molecule has 0 unspecified atom stereocenters. The molecule has 0 spiro atoms. The Kier molecular flexibility index (Phi) is 13.6. The first-order valence-corrected chi connectivity index (χ1v) is 7.88. The summed E-state index contributed by atoms with van der Waals surface area (Å²) < 4.78 is 0. The first-order chi connectivity index (χ1) is 8.27. The average molecular weight is 238 g/mol. The van der Waals surface area contributed by atoms with Crippen LogP contribution in [0.3, 0.4) is 0 Å². The molecule has 0 nitrogen and oxygen atoms in total. The zero-order chi connectivity index (χ0) is 12.8. The van der Waals surface area contributed by atoms with E-state index >= 15 is 0 Å². The van der Waals surface area contributed by atoms with Crippen LogP contribution in [0.15, 0.2) is 12.2 Å². The Hall–Kier alpha value is -0.260. The van der Waals surface area contributed by atoms with Crippen molar-refractivity contribution in [3.05, 3.63) is 12.2 Å². The molecule has 0 aliphatic carbocycles. The highest BCUT2D eigenvalue weighted by Gasteiger charge is 1.95. The third kappa shape index (κ3) is 15.7. The lowest BCUT2D eigenvalue weighted by atomic mass is 10.0. The third-order valence-corrected chi connectivity index (χ3v) is 3.39. The second kappa shape index (κ2) is 13.8. The number of hydrogen-bond acceptors (Lipinski definition) is 0. The highest BCUT2D eigenvalue weighted by molar-refractivity contribution is 4.76. The van der Waals surface area contributed by atoms with Crippen molar-refractivity contribution in [2.24, 2.45) is 5.92 Å². The fraction of sp³-hybridized carbons (Fsp3) is 0.882. The monoisotopic (exact) mass is 238 g/mol. The van der Waals surface area contributed by atoms with E-state index in [4.69, 9.17) is 0 Å². The van der Waals surface area contributed by atoms with Crippen LogP contribution < -0.4 is 0 Å². The Labute approximate surface area is 110 Å². The zero-order valence-corrected chi connectivity index (χ0v) is 12.5. The van der Waals surface area contributed by atoms with Crippen LogP contribution in [-0.4, -0.2) is 0 Å². The van der Waals surface area contributed by atoms with Crippen molar-refractivity contribution in [2.75, 3.05) is 0 Å². The summed E-state index contributed by atoms with van der Waals surface area (Å²) in [5.41, 5.74) is 0. The van der Waals surface area contributed by atoms with Crippen molar-refractivity contribution in [2.45, 2.75) is 91.4 Å². The average Bonchev–Trinajstić information content (AvgIpc) is 2.30. The van der Waals surface area contributed by atoms with Crippen LogP contribution in [0, 0.1) is 5.92 Å². The molecule has 0 saturated carbocycles. The molecule has 17 heavy (non-hydrogen) atoms. The summed E-state index contributed by atoms with van der Waals surface area (Å²) in [6.45, 7) is 6.76. The maximum Gasteiger partial charge on any atom is -0.0351 e. The van der Waals surface area contributed by atoms with Crippen LogP contribution in [0.5, 0.6) is 0 Å². The van der Waals surface area contributed by atoms with E-state index in [1.54, 1.807) is 0 Å². The van der Waals surface area contributed by atoms with E-state index in [-0.39, 0.29) is 0 Å². The molecule has 0 aromatic heterocycles. The van der Waals surface area contributed by atoms with E-state index in [0.717, 1.165) is 5.92 Å². The molecule has 102 valence electrons. The molecular formula is C17H34. The maximum atomic E-state index is 2.33. The Bertz CT molecular complexity index is 155. The van der Waals surface area contributed by atoms with Gasteiger partial charge in [-0.05, 0) is 25.7 Å². The van der Waals surface area contributed by atoms with Gasteiger partial charge < -0.3 is 0 Å². The van der Waals surface area contributed by atoms with Crippen LogP contribution in [0.2, 0.25) is 0 Å². The van der Waals surface area contributed by atoms with E-state index < -0.39 is 0 Å². The first-order valence-electron chi connectivity index (χ1n) is 7.88.